The van der Waals surface area contributed by atoms with Crippen molar-refractivity contribution in [3.63, 3.8) is 0 Å². The first-order chi connectivity index (χ1) is 6.83. The molecule has 0 aliphatic heterocycles. The van der Waals surface area contributed by atoms with Crippen LogP contribution in [0.5, 0.6) is 5.75 Å². The summed E-state index contributed by atoms with van der Waals surface area (Å²) in [6.07, 6.45) is 7.37. The van der Waals surface area contributed by atoms with Gasteiger partial charge in [-0.1, -0.05) is 24.3 Å². The highest BCUT2D eigenvalue weighted by Crippen LogP contribution is 2.48. The van der Waals surface area contributed by atoms with Gasteiger partial charge in [-0.15, -0.1) is 0 Å². The lowest BCUT2D eigenvalue weighted by atomic mass is 9.87. The van der Waals surface area contributed by atoms with E-state index in [1.54, 1.807) is 12.1 Å². The third-order valence-corrected chi connectivity index (χ3v) is 3.60. The number of hydrogen-bond donors (Lipinski definition) is 1. The van der Waals surface area contributed by atoms with Crippen molar-refractivity contribution in [1.82, 2.24) is 0 Å². The molecule has 2 bridgehead atoms. The van der Waals surface area contributed by atoms with Crippen molar-refractivity contribution in [2.24, 2.45) is 11.8 Å². The van der Waals surface area contributed by atoms with Crippen molar-refractivity contribution >= 4 is 0 Å². The molecule has 3 atom stereocenters. The maximum Gasteiger partial charge on any atom is 0.115 e. The van der Waals surface area contributed by atoms with E-state index < -0.39 is 0 Å². The van der Waals surface area contributed by atoms with Crippen LogP contribution in [0.1, 0.15) is 24.3 Å². The Morgan fingerprint density at radius 2 is 1.79 bits per heavy atom. The SMILES string of the molecule is Oc1ccc(C2CC3C=CC2C3)cc1. The van der Waals surface area contributed by atoms with E-state index in [1.807, 2.05) is 0 Å². The summed E-state index contributed by atoms with van der Waals surface area (Å²) >= 11 is 0. The van der Waals surface area contributed by atoms with Crippen LogP contribution in [0.15, 0.2) is 36.4 Å². The molecular weight excluding hydrogens is 172 g/mol. The van der Waals surface area contributed by atoms with E-state index in [0.29, 0.717) is 11.7 Å². The van der Waals surface area contributed by atoms with Crippen molar-refractivity contribution in [3.8, 4) is 5.75 Å². The van der Waals surface area contributed by atoms with Gasteiger partial charge in [-0.2, -0.15) is 0 Å². The van der Waals surface area contributed by atoms with Crippen molar-refractivity contribution < 1.29 is 5.11 Å². The van der Waals surface area contributed by atoms with Crippen LogP contribution in [0.3, 0.4) is 0 Å². The highest BCUT2D eigenvalue weighted by molar-refractivity contribution is 5.32. The molecule has 14 heavy (non-hydrogen) atoms. The van der Waals surface area contributed by atoms with E-state index in [4.69, 9.17) is 0 Å². The molecule has 1 aromatic rings. The van der Waals surface area contributed by atoms with E-state index in [-0.39, 0.29) is 0 Å². The molecule has 1 saturated carbocycles. The van der Waals surface area contributed by atoms with Gasteiger partial charge in [-0.25, -0.2) is 0 Å². The summed E-state index contributed by atoms with van der Waals surface area (Å²) in [5.74, 6) is 2.64. The molecule has 0 heterocycles. The first-order valence-corrected chi connectivity index (χ1v) is 5.30. The summed E-state index contributed by atoms with van der Waals surface area (Å²) in [6.45, 7) is 0. The molecule has 1 heteroatoms. The minimum absolute atomic E-state index is 0.368. The molecule has 1 fully saturated rings. The Hall–Kier alpha value is -1.24. The highest BCUT2D eigenvalue weighted by Gasteiger charge is 2.36. The smallest absolute Gasteiger partial charge is 0.115 e. The number of rotatable bonds is 1. The lowest BCUT2D eigenvalue weighted by molar-refractivity contribution is 0.474. The summed E-state index contributed by atoms with van der Waals surface area (Å²) in [6, 6.07) is 7.72. The fraction of sp³-hybridized carbons (Fsp3) is 0.385. The van der Waals surface area contributed by atoms with Gasteiger partial charge in [0.15, 0.2) is 0 Å². The second-order valence-electron chi connectivity index (χ2n) is 4.48. The van der Waals surface area contributed by atoms with Crippen LogP contribution in [-0.2, 0) is 0 Å². The van der Waals surface area contributed by atoms with Gasteiger partial charge in [0, 0.05) is 0 Å². The fourth-order valence-corrected chi connectivity index (χ4v) is 2.89. The standard InChI is InChI=1S/C13H14O/c14-12-5-3-10(4-6-12)13-8-9-1-2-11(13)7-9/h1-6,9,11,13-14H,7-8H2. The Bertz CT molecular complexity index is 363. The monoisotopic (exact) mass is 186 g/mol. The third kappa shape index (κ3) is 1.16. The number of hydrogen-bond acceptors (Lipinski definition) is 1. The van der Waals surface area contributed by atoms with E-state index in [1.165, 1.54) is 18.4 Å². The number of benzene rings is 1. The van der Waals surface area contributed by atoms with Crippen LogP contribution >= 0.6 is 0 Å². The average molecular weight is 186 g/mol. The van der Waals surface area contributed by atoms with Gasteiger partial charge < -0.3 is 5.11 Å². The van der Waals surface area contributed by atoms with Crippen molar-refractivity contribution in [1.29, 1.82) is 0 Å². The van der Waals surface area contributed by atoms with Crippen molar-refractivity contribution in [3.05, 3.63) is 42.0 Å². The molecular formula is C13H14O. The van der Waals surface area contributed by atoms with E-state index in [9.17, 15) is 5.11 Å². The molecule has 2 aliphatic carbocycles. The molecule has 1 N–H and O–H groups in total. The van der Waals surface area contributed by atoms with Gasteiger partial charge in [0.05, 0.1) is 0 Å². The quantitative estimate of drug-likeness (QED) is 0.668. The molecule has 0 spiro atoms. The Morgan fingerprint density at radius 1 is 1.00 bits per heavy atom. The second-order valence-corrected chi connectivity index (χ2v) is 4.48. The first kappa shape index (κ1) is 8.10. The van der Waals surface area contributed by atoms with Crippen LogP contribution in [0, 0.1) is 11.8 Å². The van der Waals surface area contributed by atoms with Crippen LogP contribution in [0.4, 0.5) is 0 Å². The Balaban J connectivity index is 1.90. The minimum Gasteiger partial charge on any atom is -0.508 e. The van der Waals surface area contributed by atoms with Gasteiger partial charge in [-0.3, -0.25) is 0 Å². The van der Waals surface area contributed by atoms with Gasteiger partial charge in [0.25, 0.3) is 0 Å². The van der Waals surface area contributed by atoms with Gasteiger partial charge in [0.1, 0.15) is 5.75 Å². The third-order valence-electron chi connectivity index (χ3n) is 3.60. The predicted octanol–water partition coefficient (Wildman–Crippen LogP) is 3.07. The van der Waals surface area contributed by atoms with Crippen molar-refractivity contribution in [2.45, 2.75) is 18.8 Å². The zero-order chi connectivity index (χ0) is 9.54. The lowest BCUT2D eigenvalue weighted by Crippen LogP contribution is -2.04. The summed E-state index contributed by atoms with van der Waals surface area (Å²) < 4.78 is 0. The number of phenols is 1. The molecule has 1 aromatic carbocycles. The largest absolute Gasteiger partial charge is 0.508 e. The minimum atomic E-state index is 0.368. The fourth-order valence-electron chi connectivity index (χ4n) is 2.89. The van der Waals surface area contributed by atoms with Crippen molar-refractivity contribution in [2.75, 3.05) is 0 Å². The number of phenolic OH excluding ortho intramolecular Hbond substituents is 1. The van der Waals surface area contributed by atoms with E-state index >= 15 is 0 Å². The maximum atomic E-state index is 9.22. The molecule has 0 radical (unpaired) electrons. The summed E-state index contributed by atoms with van der Waals surface area (Å²) in [4.78, 5) is 0. The second kappa shape index (κ2) is 2.88. The zero-order valence-electron chi connectivity index (χ0n) is 8.06. The van der Waals surface area contributed by atoms with Crippen LogP contribution in [-0.4, -0.2) is 5.11 Å². The Morgan fingerprint density at radius 3 is 2.36 bits per heavy atom. The maximum absolute atomic E-state index is 9.22. The normalized spacial score (nSPS) is 33.9. The van der Waals surface area contributed by atoms with Crippen LogP contribution in [0.2, 0.25) is 0 Å². The molecule has 0 saturated heterocycles. The molecule has 3 unspecified atom stereocenters. The molecule has 72 valence electrons. The number of fused-ring (bicyclic) bond motifs is 2. The molecule has 2 aliphatic rings. The molecule has 0 aromatic heterocycles. The van der Waals surface area contributed by atoms with Gasteiger partial charge in [0.2, 0.25) is 0 Å². The summed E-state index contributed by atoms with van der Waals surface area (Å²) in [5.41, 5.74) is 1.39. The Kier molecular flexibility index (Phi) is 1.66. The lowest BCUT2D eigenvalue weighted by Gasteiger charge is -2.18. The zero-order valence-corrected chi connectivity index (χ0v) is 8.06. The average Bonchev–Trinajstić information content (AvgIpc) is 2.80. The first-order valence-electron chi connectivity index (χ1n) is 5.30. The van der Waals surface area contributed by atoms with E-state index in [0.717, 1.165) is 11.8 Å². The topological polar surface area (TPSA) is 20.2 Å². The highest BCUT2D eigenvalue weighted by atomic mass is 16.3. The number of allylic oxidation sites excluding steroid dienone is 2. The summed E-state index contributed by atoms with van der Waals surface area (Å²) in [7, 11) is 0. The van der Waals surface area contributed by atoms with Crippen LogP contribution in [0.25, 0.3) is 0 Å². The van der Waals surface area contributed by atoms with Crippen LogP contribution < -0.4 is 0 Å². The molecule has 1 nitrogen and oxygen atoms in total. The Labute approximate surface area is 84.1 Å². The van der Waals surface area contributed by atoms with Gasteiger partial charge >= 0.3 is 0 Å². The molecule has 3 rings (SSSR count). The number of aromatic hydroxyl groups is 1. The summed E-state index contributed by atoms with van der Waals surface area (Å²) in [5, 5.41) is 9.22. The van der Waals surface area contributed by atoms with Gasteiger partial charge in [-0.05, 0) is 48.3 Å². The van der Waals surface area contributed by atoms with E-state index in [2.05, 4.69) is 24.3 Å². The molecule has 0 amide bonds. The predicted molar refractivity (Wildman–Crippen MR) is 56.2 cm³/mol.